The molecule has 2 fully saturated rings. The van der Waals surface area contributed by atoms with E-state index in [0.29, 0.717) is 23.8 Å². The molecule has 0 amide bonds. The first-order chi connectivity index (χ1) is 18.6. The van der Waals surface area contributed by atoms with E-state index in [2.05, 4.69) is 43.6 Å². The van der Waals surface area contributed by atoms with E-state index in [1.165, 1.54) is 5.56 Å². The molecule has 0 radical (unpaired) electrons. The Kier molecular flexibility index (Phi) is 6.66. The second-order valence-corrected chi connectivity index (χ2v) is 10.3. The fourth-order valence-corrected chi connectivity index (χ4v) is 5.62. The van der Waals surface area contributed by atoms with Gasteiger partial charge in [-0.3, -0.25) is 0 Å². The van der Waals surface area contributed by atoms with Crippen molar-refractivity contribution in [2.24, 2.45) is 5.92 Å². The van der Waals surface area contributed by atoms with Crippen LogP contribution in [0.1, 0.15) is 56.6 Å². The number of piperidine rings is 1. The Bertz CT molecular complexity index is 1440. The Balaban J connectivity index is 1.13. The number of esters is 1. The van der Waals surface area contributed by atoms with Crippen molar-refractivity contribution in [3.05, 3.63) is 60.3 Å². The number of phenols is 1. The Morgan fingerprint density at radius 1 is 1.05 bits per heavy atom. The Hall–Kier alpha value is -4.01. The van der Waals surface area contributed by atoms with Crippen molar-refractivity contribution in [3.63, 3.8) is 0 Å². The van der Waals surface area contributed by atoms with E-state index in [0.717, 1.165) is 61.9 Å². The molecule has 4 aromatic rings. The van der Waals surface area contributed by atoms with Gasteiger partial charge in [0.1, 0.15) is 5.75 Å². The van der Waals surface area contributed by atoms with E-state index < -0.39 is 0 Å². The number of aromatic hydroxyl groups is 1. The topological polar surface area (TPSA) is 106 Å². The summed E-state index contributed by atoms with van der Waals surface area (Å²) in [6, 6.07) is 15.2. The number of carbonyl (C=O) groups is 1. The summed E-state index contributed by atoms with van der Waals surface area (Å²) in [6.07, 6.45) is 7.09. The number of benzene rings is 2. The lowest BCUT2D eigenvalue weighted by Gasteiger charge is -2.33. The third kappa shape index (κ3) is 4.68. The van der Waals surface area contributed by atoms with E-state index >= 15 is 0 Å². The van der Waals surface area contributed by atoms with Gasteiger partial charge in [-0.25, -0.2) is 9.48 Å². The molecular formula is C29H32N6O3. The number of ether oxygens (including phenoxy) is 1. The molecule has 1 aliphatic carbocycles. The Morgan fingerprint density at radius 3 is 2.61 bits per heavy atom. The average molecular weight is 513 g/mol. The number of carbonyl (C=O) groups excluding carboxylic acids is 1. The summed E-state index contributed by atoms with van der Waals surface area (Å²) in [6.45, 7) is 3.94. The number of para-hydroxylation sites is 1. The number of fused-ring (bicyclic) bond motifs is 1. The molecule has 3 heterocycles. The van der Waals surface area contributed by atoms with Crippen LogP contribution in [0.2, 0.25) is 0 Å². The SMILES string of the molecule is CCOC(=O)C(C1CCC1)n1cc(N2CCC(c3ccc4cc(-c5ccccc5O)nnc4c3)CC2)nn1. The van der Waals surface area contributed by atoms with Crippen LogP contribution in [0.5, 0.6) is 5.75 Å². The van der Waals surface area contributed by atoms with Gasteiger partial charge in [0.2, 0.25) is 0 Å². The van der Waals surface area contributed by atoms with Gasteiger partial charge in [0, 0.05) is 24.0 Å². The quantitative estimate of drug-likeness (QED) is 0.349. The Morgan fingerprint density at radius 2 is 1.87 bits per heavy atom. The van der Waals surface area contributed by atoms with Gasteiger partial charge < -0.3 is 14.7 Å². The highest BCUT2D eigenvalue weighted by molar-refractivity contribution is 5.83. The second kappa shape index (κ2) is 10.4. The first kappa shape index (κ1) is 24.3. The van der Waals surface area contributed by atoms with Gasteiger partial charge in [0.15, 0.2) is 11.9 Å². The summed E-state index contributed by atoms with van der Waals surface area (Å²) in [5.41, 5.74) is 3.45. The predicted octanol–water partition coefficient (Wildman–Crippen LogP) is 4.88. The van der Waals surface area contributed by atoms with E-state index in [-0.39, 0.29) is 23.7 Å². The number of nitrogens with zero attached hydrogens (tertiary/aromatic N) is 6. The van der Waals surface area contributed by atoms with E-state index in [4.69, 9.17) is 4.74 Å². The van der Waals surface area contributed by atoms with Crippen molar-refractivity contribution in [2.75, 3.05) is 24.6 Å². The van der Waals surface area contributed by atoms with Crippen LogP contribution in [0.25, 0.3) is 22.2 Å². The van der Waals surface area contributed by atoms with Crippen molar-refractivity contribution >= 4 is 22.7 Å². The molecule has 0 bridgehead atoms. The van der Waals surface area contributed by atoms with Gasteiger partial charge in [-0.05, 0) is 74.3 Å². The van der Waals surface area contributed by atoms with Crippen LogP contribution in [-0.2, 0) is 9.53 Å². The summed E-state index contributed by atoms with van der Waals surface area (Å²) >= 11 is 0. The van der Waals surface area contributed by atoms with Gasteiger partial charge >= 0.3 is 5.97 Å². The molecule has 0 spiro atoms. The molecule has 9 nitrogen and oxygen atoms in total. The molecule has 1 aliphatic heterocycles. The van der Waals surface area contributed by atoms with Crippen molar-refractivity contribution in [3.8, 4) is 17.0 Å². The lowest BCUT2D eigenvalue weighted by atomic mass is 9.80. The van der Waals surface area contributed by atoms with E-state index in [9.17, 15) is 9.90 Å². The third-order valence-corrected chi connectivity index (χ3v) is 7.99. The number of phenolic OH excluding ortho intramolecular Hbond substituents is 1. The normalized spacial score (nSPS) is 17.3. The minimum atomic E-state index is -0.382. The molecule has 2 aromatic carbocycles. The molecule has 6 rings (SSSR count). The lowest BCUT2D eigenvalue weighted by molar-refractivity contribution is -0.150. The van der Waals surface area contributed by atoms with Crippen LogP contribution in [-0.4, -0.2) is 56.0 Å². The zero-order chi connectivity index (χ0) is 26.1. The van der Waals surface area contributed by atoms with Crippen LogP contribution < -0.4 is 4.90 Å². The maximum atomic E-state index is 12.6. The second-order valence-electron chi connectivity index (χ2n) is 10.3. The van der Waals surface area contributed by atoms with Crippen molar-refractivity contribution in [1.29, 1.82) is 0 Å². The smallest absolute Gasteiger partial charge is 0.331 e. The molecule has 1 atom stereocenters. The van der Waals surface area contributed by atoms with E-state index in [1.54, 1.807) is 16.8 Å². The minimum Gasteiger partial charge on any atom is -0.507 e. The molecule has 1 saturated carbocycles. The monoisotopic (exact) mass is 512 g/mol. The number of rotatable bonds is 7. The zero-order valence-corrected chi connectivity index (χ0v) is 21.5. The van der Waals surface area contributed by atoms with Crippen molar-refractivity contribution in [2.45, 2.75) is 51.0 Å². The number of hydrogen-bond acceptors (Lipinski definition) is 8. The molecule has 9 heteroatoms. The van der Waals surface area contributed by atoms with Gasteiger partial charge in [0.05, 0.1) is 24.0 Å². The molecule has 38 heavy (non-hydrogen) atoms. The molecule has 1 unspecified atom stereocenters. The largest absolute Gasteiger partial charge is 0.507 e. The predicted molar refractivity (Wildman–Crippen MR) is 144 cm³/mol. The fraction of sp³-hybridized carbons (Fsp3) is 0.414. The maximum Gasteiger partial charge on any atom is 0.331 e. The molecule has 1 N–H and O–H groups in total. The standard InChI is InChI=1S/C29H32N6O3/c1-2-38-29(37)28(20-6-5-7-20)35-18-27(32-33-35)34-14-12-19(13-15-34)21-10-11-22-17-25(31-30-24(22)16-21)23-8-3-4-9-26(23)36/h3-4,8-11,16-20,28,36H,2,5-7,12-15H2,1H3. The summed E-state index contributed by atoms with van der Waals surface area (Å²) < 4.78 is 7.05. The first-order valence-corrected chi connectivity index (χ1v) is 13.5. The third-order valence-electron chi connectivity index (χ3n) is 7.99. The number of anilines is 1. The van der Waals surface area contributed by atoms with Crippen LogP contribution in [0.4, 0.5) is 5.82 Å². The number of aromatic nitrogens is 5. The molecule has 2 aliphatic rings. The van der Waals surface area contributed by atoms with Crippen molar-refractivity contribution in [1.82, 2.24) is 25.2 Å². The summed E-state index contributed by atoms with van der Waals surface area (Å²) in [5, 5.41) is 28.7. The molecule has 2 aromatic heterocycles. The minimum absolute atomic E-state index is 0.198. The Labute approximate surface area is 221 Å². The van der Waals surface area contributed by atoms with Crippen LogP contribution >= 0.6 is 0 Å². The van der Waals surface area contributed by atoms with Gasteiger partial charge in [-0.2, -0.15) is 0 Å². The van der Waals surface area contributed by atoms with Crippen molar-refractivity contribution < 1.29 is 14.6 Å². The highest BCUT2D eigenvalue weighted by Crippen LogP contribution is 2.38. The van der Waals surface area contributed by atoms with Crippen LogP contribution in [0, 0.1) is 5.92 Å². The number of hydrogen-bond donors (Lipinski definition) is 1. The fourth-order valence-electron chi connectivity index (χ4n) is 5.62. The maximum absolute atomic E-state index is 12.6. The van der Waals surface area contributed by atoms with E-state index in [1.807, 2.05) is 31.3 Å². The lowest BCUT2D eigenvalue weighted by Crippen LogP contribution is -2.34. The van der Waals surface area contributed by atoms with Gasteiger partial charge in [-0.15, -0.1) is 15.3 Å². The van der Waals surface area contributed by atoms with Crippen LogP contribution in [0.15, 0.2) is 54.7 Å². The van der Waals surface area contributed by atoms with Crippen LogP contribution in [0.3, 0.4) is 0 Å². The average Bonchev–Trinajstić information content (AvgIpc) is 3.40. The first-order valence-electron chi connectivity index (χ1n) is 13.5. The zero-order valence-electron chi connectivity index (χ0n) is 21.5. The highest BCUT2D eigenvalue weighted by atomic mass is 16.5. The van der Waals surface area contributed by atoms with Gasteiger partial charge in [0.25, 0.3) is 0 Å². The summed E-state index contributed by atoms with van der Waals surface area (Å²) in [5.74, 6) is 1.51. The molecule has 196 valence electrons. The van der Waals surface area contributed by atoms with Gasteiger partial charge in [-0.1, -0.05) is 35.9 Å². The summed E-state index contributed by atoms with van der Waals surface area (Å²) in [4.78, 5) is 14.9. The summed E-state index contributed by atoms with van der Waals surface area (Å²) in [7, 11) is 0. The molecule has 1 saturated heterocycles. The molecular weight excluding hydrogens is 480 g/mol. The highest BCUT2D eigenvalue weighted by Gasteiger charge is 2.36.